The second kappa shape index (κ2) is 14.4. The first-order valence-corrected chi connectivity index (χ1v) is 17.9. The summed E-state index contributed by atoms with van der Waals surface area (Å²) in [5.41, 5.74) is 4.46. The van der Waals surface area contributed by atoms with E-state index < -0.39 is 21.6 Å². The number of piperazine rings is 1. The van der Waals surface area contributed by atoms with Crippen LogP contribution in [0.15, 0.2) is 78.1 Å². The van der Waals surface area contributed by atoms with Crippen molar-refractivity contribution in [1.82, 2.24) is 29.9 Å². The van der Waals surface area contributed by atoms with E-state index in [0.717, 1.165) is 54.4 Å². The fourth-order valence-corrected chi connectivity index (χ4v) is 7.31. The minimum atomic E-state index is -3.69. The van der Waals surface area contributed by atoms with E-state index in [9.17, 15) is 18.0 Å². The molecule has 0 atom stereocenters. The molecule has 14 nitrogen and oxygen atoms in total. The maximum absolute atomic E-state index is 12.9. The van der Waals surface area contributed by atoms with Gasteiger partial charge in [-0.15, -0.1) is 0 Å². The molecule has 0 bridgehead atoms. The molecule has 2 aromatic heterocycles. The van der Waals surface area contributed by atoms with Crippen LogP contribution >= 0.6 is 0 Å². The monoisotopic (exact) mass is 698 g/mol. The van der Waals surface area contributed by atoms with Crippen molar-refractivity contribution in [3.63, 3.8) is 0 Å². The minimum Gasteiger partial charge on any atom is -0.369 e. The Morgan fingerprint density at radius 1 is 0.900 bits per heavy atom. The van der Waals surface area contributed by atoms with E-state index in [-0.39, 0.29) is 17.2 Å². The summed E-state index contributed by atoms with van der Waals surface area (Å²) in [4.78, 5) is 43.9. The Morgan fingerprint density at radius 3 is 2.38 bits per heavy atom. The van der Waals surface area contributed by atoms with Crippen molar-refractivity contribution in [3.8, 4) is 0 Å². The number of carbonyl (C=O) groups excluding carboxylic acids is 2. The number of urea groups is 1. The third-order valence-corrected chi connectivity index (χ3v) is 10.1. The van der Waals surface area contributed by atoms with Gasteiger partial charge in [-0.25, -0.2) is 22.9 Å². The average molecular weight is 699 g/mol. The summed E-state index contributed by atoms with van der Waals surface area (Å²) in [6, 6.07) is 16.3. The number of benzene rings is 2. The van der Waals surface area contributed by atoms with E-state index >= 15 is 0 Å². The van der Waals surface area contributed by atoms with Crippen molar-refractivity contribution >= 4 is 56.5 Å². The molecule has 50 heavy (non-hydrogen) atoms. The van der Waals surface area contributed by atoms with Crippen molar-refractivity contribution in [2.75, 3.05) is 53.2 Å². The molecule has 0 spiro atoms. The molecule has 2 aromatic carbocycles. The van der Waals surface area contributed by atoms with Gasteiger partial charge in [-0.05, 0) is 81.8 Å². The van der Waals surface area contributed by atoms with Gasteiger partial charge in [0.15, 0.2) is 0 Å². The highest BCUT2D eigenvalue weighted by molar-refractivity contribution is 7.89. The topological polar surface area (TPSA) is 165 Å². The van der Waals surface area contributed by atoms with Crippen LogP contribution in [0.1, 0.15) is 38.3 Å². The number of aromatic nitrogens is 3. The third kappa shape index (κ3) is 8.53. The van der Waals surface area contributed by atoms with Crippen molar-refractivity contribution < 1.29 is 18.0 Å². The molecule has 4 N–H and O–H groups in total. The highest BCUT2D eigenvalue weighted by Gasteiger charge is 2.27. The first kappa shape index (κ1) is 34.7. The Hall–Kier alpha value is -5.12. The number of rotatable bonds is 10. The van der Waals surface area contributed by atoms with Crippen LogP contribution < -0.4 is 30.5 Å². The molecule has 15 heteroatoms. The van der Waals surface area contributed by atoms with Gasteiger partial charge in [0.05, 0.1) is 16.8 Å². The summed E-state index contributed by atoms with van der Waals surface area (Å²) in [5.74, 6) is 0.706. The molecule has 0 saturated carbocycles. The number of sulfonamides is 1. The largest absolute Gasteiger partial charge is 0.369 e. The lowest BCUT2D eigenvalue weighted by atomic mass is 10.1. The molecule has 0 unspecified atom stereocenters. The van der Waals surface area contributed by atoms with Crippen LogP contribution in [-0.4, -0.2) is 78.5 Å². The molecule has 262 valence electrons. The van der Waals surface area contributed by atoms with Crippen LogP contribution in [0.4, 0.5) is 39.3 Å². The van der Waals surface area contributed by atoms with Crippen LogP contribution in [-0.2, 0) is 21.4 Å². The lowest BCUT2D eigenvalue weighted by molar-refractivity contribution is -0.120. The lowest BCUT2D eigenvalue weighted by Crippen LogP contribution is -2.50. The summed E-state index contributed by atoms with van der Waals surface area (Å²) in [6.07, 6.45) is 5.40. The lowest BCUT2D eigenvalue weighted by Gasteiger charge is -2.37. The van der Waals surface area contributed by atoms with Crippen molar-refractivity contribution in [2.24, 2.45) is 0 Å². The Labute approximate surface area is 292 Å². The first-order chi connectivity index (χ1) is 23.8. The maximum atomic E-state index is 12.9. The van der Waals surface area contributed by atoms with E-state index in [1.807, 2.05) is 25.1 Å². The van der Waals surface area contributed by atoms with E-state index in [1.165, 1.54) is 0 Å². The van der Waals surface area contributed by atoms with E-state index in [0.29, 0.717) is 30.5 Å². The number of hydrogen-bond donors (Lipinski definition) is 4. The molecular formula is C35H42N10O4S. The molecule has 2 aliphatic heterocycles. The quantitative estimate of drug-likeness (QED) is 0.184. The normalized spacial score (nSPS) is 15.9. The number of nitrogens with one attached hydrogen (secondary N) is 4. The van der Waals surface area contributed by atoms with Crippen LogP contribution in [0.25, 0.3) is 0 Å². The van der Waals surface area contributed by atoms with Gasteiger partial charge in [-0.2, -0.15) is 4.98 Å². The molecule has 2 aliphatic rings. The average Bonchev–Trinajstić information content (AvgIpc) is 3.07. The number of aryl methyl sites for hydroxylation is 1. The standard InChI is InChI=1S/C35H42N10O4S/c1-24-21-37-33(41-32(24)38-27-6-5-7-29(20-27)50(48,49)42-35(2,3)4)39-26-8-10-28(11-9-26)44-18-16-43(17-19-44)23-25-12-14-36-22-30(25)45-15-13-31(46)40-34(45)47/h5-12,14,20-22,42H,13,15-19,23H2,1-4H3,(H,40,46,47)(H2,37,38,39,41). The summed E-state index contributed by atoms with van der Waals surface area (Å²) < 4.78 is 28.4. The maximum Gasteiger partial charge on any atom is 0.328 e. The minimum absolute atomic E-state index is 0.162. The zero-order valence-corrected chi connectivity index (χ0v) is 29.4. The van der Waals surface area contributed by atoms with Gasteiger partial charge >= 0.3 is 6.03 Å². The number of nitrogens with zero attached hydrogens (tertiary/aromatic N) is 6. The van der Waals surface area contributed by atoms with E-state index in [2.05, 4.69) is 57.6 Å². The predicted octanol–water partition coefficient (Wildman–Crippen LogP) is 4.51. The van der Waals surface area contributed by atoms with Crippen molar-refractivity contribution in [2.45, 2.75) is 51.1 Å². The second-order valence-electron chi connectivity index (χ2n) is 13.4. The number of carbonyl (C=O) groups is 2. The number of hydrogen-bond acceptors (Lipinski definition) is 11. The Bertz CT molecular complexity index is 1970. The van der Waals surface area contributed by atoms with Crippen molar-refractivity contribution in [3.05, 3.63) is 84.3 Å². The summed E-state index contributed by atoms with van der Waals surface area (Å²) in [5, 5.41) is 8.90. The summed E-state index contributed by atoms with van der Waals surface area (Å²) in [6.45, 7) is 11.7. The van der Waals surface area contributed by atoms with Crippen LogP contribution in [0.5, 0.6) is 0 Å². The van der Waals surface area contributed by atoms with Gasteiger partial charge in [0, 0.05) is 86.2 Å². The van der Waals surface area contributed by atoms with Gasteiger partial charge in [0.25, 0.3) is 0 Å². The second-order valence-corrected chi connectivity index (χ2v) is 15.1. The highest BCUT2D eigenvalue weighted by Crippen LogP contribution is 2.27. The fraction of sp³-hybridized carbons (Fsp3) is 0.343. The third-order valence-electron chi connectivity index (χ3n) is 8.31. The predicted molar refractivity (Wildman–Crippen MR) is 194 cm³/mol. The highest BCUT2D eigenvalue weighted by atomic mass is 32.2. The zero-order chi connectivity index (χ0) is 35.5. The SMILES string of the molecule is Cc1cnc(Nc2ccc(N3CCN(Cc4ccncc4N4CCC(=O)NC4=O)CC3)cc2)nc1Nc1cccc(S(=O)(=O)NC(C)(C)C)c1. The van der Waals surface area contributed by atoms with E-state index in [4.69, 9.17) is 0 Å². The number of anilines is 6. The summed E-state index contributed by atoms with van der Waals surface area (Å²) in [7, 11) is -3.69. The molecule has 3 amide bonds. The Morgan fingerprint density at radius 2 is 1.66 bits per heavy atom. The Balaban J connectivity index is 1.05. The van der Waals surface area contributed by atoms with Gasteiger partial charge in [0.1, 0.15) is 5.82 Å². The summed E-state index contributed by atoms with van der Waals surface area (Å²) >= 11 is 0. The Kier molecular flexibility index (Phi) is 10.00. The molecule has 2 fully saturated rings. The number of pyridine rings is 1. The number of imide groups is 1. The molecule has 0 aliphatic carbocycles. The van der Waals surface area contributed by atoms with Crippen molar-refractivity contribution in [1.29, 1.82) is 0 Å². The van der Waals surface area contributed by atoms with Gasteiger partial charge in [-0.1, -0.05) is 6.07 Å². The number of amides is 3. The molecule has 4 aromatic rings. The molecular weight excluding hydrogens is 657 g/mol. The van der Waals surface area contributed by atoms with Gasteiger partial charge < -0.3 is 15.5 Å². The van der Waals surface area contributed by atoms with Crippen LogP contribution in [0.2, 0.25) is 0 Å². The van der Waals surface area contributed by atoms with Crippen LogP contribution in [0, 0.1) is 6.92 Å². The van der Waals surface area contributed by atoms with E-state index in [1.54, 1.807) is 68.5 Å². The van der Waals surface area contributed by atoms with Crippen LogP contribution in [0.3, 0.4) is 0 Å². The zero-order valence-electron chi connectivity index (χ0n) is 28.6. The van der Waals surface area contributed by atoms with Gasteiger partial charge in [-0.3, -0.25) is 24.9 Å². The molecule has 4 heterocycles. The van der Waals surface area contributed by atoms with Gasteiger partial charge in [0.2, 0.25) is 21.9 Å². The fourth-order valence-electron chi connectivity index (χ4n) is 5.84. The first-order valence-electron chi connectivity index (χ1n) is 16.5. The molecule has 2 saturated heterocycles. The smallest absolute Gasteiger partial charge is 0.328 e. The molecule has 6 rings (SSSR count). The molecule has 0 radical (unpaired) electrons.